The Morgan fingerprint density at radius 3 is 1.38 bits per heavy atom. The number of nitrogens with one attached hydrogen (secondary N) is 2. The number of amidine groups is 2. The van der Waals surface area contributed by atoms with Gasteiger partial charge < -0.3 is 16.2 Å². The first-order valence-corrected chi connectivity index (χ1v) is 9.75. The van der Waals surface area contributed by atoms with Crippen molar-refractivity contribution in [2.24, 2.45) is 11.5 Å². The van der Waals surface area contributed by atoms with Gasteiger partial charge >= 0.3 is 0 Å². The molecule has 5 nitrogen and oxygen atoms in total. The molecular formula is C18H23ClN4OS2. The van der Waals surface area contributed by atoms with E-state index in [0.717, 1.165) is 32.4 Å². The van der Waals surface area contributed by atoms with Gasteiger partial charge in [0.1, 0.15) is 11.7 Å². The molecule has 0 aromatic heterocycles. The Balaban J connectivity index is 0.00000338. The zero-order valence-corrected chi connectivity index (χ0v) is 16.7. The second-order valence-corrected chi connectivity index (χ2v) is 7.52. The van der Waals surface area contributed by atoms with Crippen molar-refractivity contribution in [1.82, 2.24) is 0 Å². The number of benzene rings is 2. The van der Waals surface area contributed by atoms with Gasteiger partial charge in [0.05, 0.1) is 13.2 Å². The van der Waals surface area contributed by atoms with Gasteiger partial charge in [-0.1, -0.05) is 24.3 Å². The highest BCUT2D eigenvalue weighted by Gasteiger charge is 2.00. The van der Waals surface area contributed by atoms with Crippen molar-refractivity contribution >= 4 is 47.6 Å². The van der Waals surface area contributed by atoms with Gasteiger partial charge in [0.15, 0.2) is 0 Å². The number of rotatable bonds is 10. The Morgan fingerprint density at radius 1 is 0.731 bits per heavy atom. The maximum atomic E-state index is 7.36. The highest BCUT2D eigenvalue weighted by molar-refractivity contribution is 7.99. The smallest absolute Gasteiger partial charge is 0.122 e. The summed E-state index contributed by atoms with van der Waals surface area (Å²) in [4.78, 5) is 2.29. The van der Waals surface area contributed by atoms with E-state index in [1.807, 2.05) is 48.5 Å². The lowest BCUT2D eigenvalue weighted by atomic mass is 10.2. The van der Waals surface area contributed by atoms with Gasteiger partial charge in [-0.15, -0.1) is 35.9 Å². The van der Waals surface area contributed by atoms with Crippen molar-refractivity contribution in [3.63, 3.8) is 0 Å². The Hall–Kier alpha value is -1.67. The molecule has 0 aliphatic carbocycles. The number of nitrogens with two attached hydrogens (primary N) is 2. The van der Waals surface area contributed by atoms with Gasteiger partial charge in [0.25, 0.3) is 0 Å². The summed E-state index contributed by atoms with van der Waals surface area (Å²) in [6, 6.07) is 15.3. The lowest BCUT2D eigenvalue weighted by Crippen LogP contribution is -2.10. The third-order valence-electron chi connectivity index (χ3n) is 3.32. The van der Waals surface area contributed by atoms with Gasteiger partial charge in [-0.2, -0.15) is 0 Å². The van der Waals surface area contributed by atoms with E-state index in [2.05, 4.69) is 0 Å². The molecule has 0 heterocycles. The van der Waals surface area contributed by atoms with E-state index in [9.17, 15) is 0 Å². The zero-order chi connectivity index (χ0) is 18.1. The van der Waals surface area contributed by atoms with Crippen molar-refractivity contribution in [2.45, 2.75) is 9.79 Å². The number of thioether (sulfide) groups is 2. The minimum atomic E-state index is 0. The van der Waals surface area contributed by atoms with Gasteiger partial charge in [-0.05, 0) is 24.3 Å². The van der Waals surface area contributed by atoms with E-state index >= 15 is 0 Å². The Morgan fingerprint density at radius 2 is 1.08 bits per heavy atom. The summed E-state index contributed by atoms with van der Waals surface area (Å²) in [6.45, 7) is 1.39. The Labute approximate surface area is 168 Å². The maximum Gasteiger partial charge on any atom is 0.122 e. The highest BCUT2D eigenvalue weighted by Crippen LogP contribution is 2.19. The molecule has 0 aliphatic rings. The van der Waals surface area contributed by atoms with E-state index in [0.29, 0.717) is 13.2 Å². The molecule has 8 heteroatoms. The van der Waals surface area contributed by atoms with E-state index in [1.54, 1.807) is 23.5 Å². The Bertz CT molecular complexity index is 647. The molecule has 140 valence electrons. The van der Waals surface area contributed by atoms with Crippen LogP contribution in [-0.2, 0) is 4.74 Å². The topological polar surface area (TPSA) is 109 Å². The molecule has 0 spiro atoms. The normalized spacial score (nSPS) is 10.2. The van der Waals surface area contributed by atoms with Crippen LogP contribution in [0.1, 0.15) is 11.1 Å². The van der Waals surface area contributed by atoms with Crippen molar-refractivity contribution in [3.8, 4) is 0 Å². The van der Waals surface area contributed by atoms with Crippen LogP contribution < -0.4 is 11.5 Å². The molecule has 2 aromatic carbocycles. The third-order valence-corrected chi connectivity index (χ3v) is 5.28. The van der Waals surface area contributed by atoms with Gasteiger partial charge in [0, 0.05) is 32.4 Å². The van der Waals surface area contributed by atoms with Crippen LogP contribution in [0.5, 0.6) is 0 Å². The minimum Gasteiger partial charge on any atom is -0.384 e. The average molecular weight is 411 g/mol. The van der Waals surface area contributed by atoms with E-state index < -0.39 is 0 Å². The molecule has 0 amide bonds. The molecule has 0 bridgehead atoms. The summed E-state index contributed by atoms with van der Waals surface area (Å²) in [5.74, 6) is 1.95. The van der Waals surface area contributed by atoms with E-state index in [4.69, 9.17) is 27.0 Å². The van der Waals surface area contributed by atoms with Crippen LogP contribution in [-0.4, -0.2) is 36.4 Å². The summed E-state index contributed by atoms with van der Waals surface area (Å²) in [7, 11) is 0. The molecule has 2 rings (SSSR count). The van der Waals surface area contributed by atoms with Crippen LogP contribution in [0.2, 0.25) is 0 Å². The fourth-order valence-electron chi connectivity index (χ4n) is 2.00. The van der Waals surface area contributed by atoms with Crippen LogP contribution in [0.15, 0.2) is 58.3 Å². The van der Waals surface area contributed by atoms with Gasteiger partial charge in [0.2, 0.25) is 0 Å². The quantitative estimate of drug-likeness (QED) is 0.207. The second kappa shape index (κ2) is 11.9. The fourth-order valence-corrected chi connectivity index (χ4v) is 3.53. The number of halogens is 1. The first-order valence-electron chi connectivity index (χ1n) is 7.78. The lowest BCUT2D eigenvalue weighted by molar-refractivity contribution is 0.167. The number of hydrogen-bond donors (Lipinski definition) is 4. The number of hydrogen-bond acceptors (Lipinski definition) is 5. The molecule has 6 N–H and O–H groups in total. The first-order chi connectivity index (χ1) is 12.1. The van der Waals surface area contributed by atoms with Crippen molar-refractivity contribution < 1.29 is 4.74 Å². The lowest BCUT2D eigenvalue weighted by Gasteiger charge is -2.06. The summed E-state index contributed by atoms with van der Waals surface area (Å²) in [5, 5.41) is 14.7. The van der Waals surface area contributed by atoms with Crippen molar-refractivity contribution in [3.05, 3.63) is 59.7 Å². The van der Waals surface area contributed by atoms with Crippen LogP contribution in [0.4, 0.5) is 0 Å². The minimum absolute atomic E-state index is 0. The standard InChI is InChI=1S/C18H22N4OS2.ClH/c19-17(20)13-1-5-15(6-2-13)24-11-9-23-10-12-25-16-7-3-14(4-8-16)18(21)22;/h1-8H,9-12H2,(H3,19,20)(H3,21,22);1H. The first kappa shape index (κ1) is 22.4. The maximum absolute atomic E-state index is 7.36. The molecule has 2 aromatic rings. The summed E-state index contributed by atoms with van der Waals surface area (Å²) < 4.78 is 5.65. The largest absolute Gasteiger partial charge is 0.384 e. The van der Waals surface area contributed by atoms with Crippen molar-refractivity contribution in [2.75, 3.05) is 24.7 Å². The molecule has 0 atom stereocenters. The average Bonchev–Trinajstić information content (AvgIpc) is 2.61. The SMILES string of the molecule is Cl.N=C(N)c1ccc(SCCOCCSc2ccc(C(=N)N)cc2)cc1. The Kier molecular flexibility index (Phi) is 10.2. The number of nitrogen functional groups attached to an aromatic ring is 2. The van der Waals surface area contributed by atoms with Crippen LogP contribution in [0.3, 0.4) is 0 Å². The second-order valence-electron chi connectivity index (χ2n) is 5.19. The molecule has 0 aliphatic heterocycles. The van der Waals surface area contributed by atoms with Gasteiger partial charge in [-0.25, -0.2) is 0 Å². The third kappa shape index (κ3) is 7.70. The molecular weight excluding hydrogens is 388 g/mol. The number of ether oxygens (including phenoxy) is 1. The van der Waals surface area contributed by atoms with Crippen LogP contribution in [0, 0.1) is 10.8 Å². The molecule has 0 fully saturated rings. The molecule has 0 saturated heterocycles. The fraction of sp³-hybridized carbons (Fsp3) is 0.222. The zero-order valence-electron chi connectivity index (χ0n) is 14.2. The predicted octanol–water partition coefficient (Wildman–Crippen LogP) is 3.58. The van der Waals surface area contributed by atoms with Crippen LogP contribution in [0.25, 0.3) is 0 Å². The highest BCUT2D eigenvalue weighted by atomic mass is 35.5. The van der Waals surface area contributed by atoms with Gasteiger partial charge in [-0.3, -0.25) is 10.8 Å². The molecule has 26 heavy (non-hydrogen) atoms. The molecule has 0 radical (unpaired) electrons. The summed E-state index contributed by atoms with van der Waals surface area (Å²) in [6.07, 6.45) is 0. The van der Waals surface area contributed by atoms with Crippen LogP contribution >= 0.6 is 35.9 Å². The molecule has 0 unspecified atom stereocenters. The van der Waals surface area contributed by atoms with E-state index in [1.165, 1.54) is 0 Å². The summed E-state index contributed by atoms with van der Waals surface area (Å²) in [5.41, 5.74) is 12.4. The van der Waals surface area contributed by atoms with E-state index in [-0.39, 0.29) is 24.1 Å². The predicted molar refractivity (Wildman–Crippen MR) is 114 cm³/mol. The monoisotopic (exact) mass is 410 g/mol. The van der Waals surface area contributed by atoms with Crippen molar-refractivity contribution in [1.29, 1.82) is 10.8 Å². The molecule has 0 saturated carbocycles. The summed E-state index contributed by atoms with van der Waals surface area (Å²) >= 11 is 3.45.